The molecular weight excluding hydrogens is 284 g/mol. The van der Waals surface area contributed by atoms with Gasteiger partial charge in [0.05, 0.1) is 25.6 Å². The van der Waals surface area contributed by atoms with Gasteiger partial charge in [-0.25, -0.2) is 4.98 Å². The van der Waals surface area contributed by atoms with E-state index in [9.17, 15) is 4.79 Å². The van der Waals surface area contributed by atoms with Gasteiger partial charge in [0.15, 0.2) is 5.15 Å². The zero-order valence-electron chi connectivity index (χ0n) is 11.3. The Hall–Kier alpha value is -1.11. The van der Waals surface area contributed by atoms with E-state index in [1.807, 2.05) is 0 Å². The van der Waals surface area contributed by atoms with Crippen molar-refractivity contribution in [1.82, 2.24) is 9.55 Å². The maximum atomic E-state index is 12.4. The Balaban J connectivity index is 1.91. The minimum atomic E-state index is -0.255. The van der Waals surface area contributed by atoms with Crippen molar-refractivity contribution in [2.24, 2.45) is 0 Å². The van der Waals surface area contributed by atoms with E-state index in [2.05, 4.69) is 4.98 Å². The van der Waals surface area contributed by atoms with Gasteiger partial charge in [-0.1, -0.05) is 11.6 Å². The number of aromatic nitrogens is 2. The van der Waals surface area contributed by atoms with E-state index in [-0.39, 0.29) is 28.1 Å². The lowest BCUT2D eigenvalue weighted by molar-refractivity contribution is -0.0953. The van der Waals surface area contributed by atoms with Gasteiger partial charge in [0, 0.05) is 25.7 Å². The Bertz CT molecular complexity index is 554. The molecule has 6 nitrogen and oxygen atoms in total. The van der Waals surface area contributed by atoms with E-state index < -0.39 is 0 Å². The lowest BCUT2D eigenvalue weighted by atomic mass is 9.89. The minimum Gasteiger partial charge on any atom is -0.489 e. The van der Waals surface area contributed by atoms with Gasteiger partial charge in [-0.15, -0.1) is 0 Å². The van der Waals surface area contributed by atoms with Crippen molar-refractivity contribution in [2.75, 3.05) is 26.9 Å². The Morgan fingerprint density at radius 3 is 3.10 bits per heavy atom. The van der Waals surface area contributed by atoms with Crippen LogP contribution in [0.4, 0.5) is 0 Å². The van der Waals surface area contributed by atoms with Crippen LogP contribution in [0.5, 0.6) is 5.75 Å². The highest BCUT2D eigenvalue weighted by Crippen LogP contribution is 2.37. The molecule has 0 bridgehead atoms. The molecule has 20 heavy (non-hydrogen) atoms. The van der Waals surface area contributed by atoms with Crippen LogP contribution >= 0.6 is 11.6 Å². The van der Waals surface area contributed by atoms with E-state index in [1.165, 1.54) is 13.4 Å². The number of halogens is 1. The summed E-state index contributed by atoms with van der Waals surface area (Å²) in [4.78, 5) is 16.4. The number of hydrogen-bond donors (Lipinski definition) is 0. The molecule has 2 unspecified atom stereocenters. The second-order valence-electron chi connectivity index (χ2n) is 5.26. The minimum absolute atomic E-state index is 0.0385. The first-order valence-corrected chi connectivity index (χ1v) is 7.05. The van der Waals surface area contributed by atoms with Crippen molar-refractivity contribution >= 4 is 11.6 Å². The fraction of sp³-hybridized carbons (Fsp3) is 0.692. The third kappa shape index (κ3) is 2.32. The first-order valence-electron chi connectivity index (χ1n) is 6.67. The number of hydrogen-bond acceptors (Lipinski definition) is 5. The van der Waals surface area contributed by atoms with Gasteiger partial charge in [-0.05, 0) is 12.8 Å². The summed E-state index contributed by atoms with van der Waals surface area (Å²) in [7, 11) is 1.42. The number of ether oxygens (including phenoxy) is 3. The van der Waals surface area contributed by atoms with E-state index in [0.29, 0.717) is 19.8 Å². The summed E-state index contributed by atoms with van der Waals surface area (Å²) >= 11 is 5.87. The molecule has 1 spiro atoms. The highest BCUT2D eigenvalue weighted by molar-refractivity contribution is 6.30. The first kappa shape index (κ1) is 13.9. The van der Waals surface area contributed by atoms with Crippen molar-refractivity contribution in [2.45, 2.75) is 30.9 Å². The maximum Gasteiger partial charge on any atom is 0.297 e. The highest BCUT2D eigenvalue weighted by Gasteiger charge is 2.41. The van der Waals surface area contributed by atoms with Crippen LogP contribution in [0, 0.1) is 0 Å². The van der Waals surface area contributed by atoms with Crippen molar-refractivity contribution in [3.8, 4) is 5.75 Å². The molecule has 0 radical (unpaired) electrons. The molecule has 0 N–H and O–H groups in total. The summed E-state index contributed by atoms with van der Waals surface area (Å²) in [6.45, 7) is 1.92. The Labute approximate surface area is 121 Å². The van der Waals surface area contributed by atoms with Gasteiger partial charge in [0.1, 0.15) is 0 Å². The molecule has 3 rings (SSSR count). The largest absolute Gasteiger partial charge is 0.489 e. The first-order chi connectivity index (χ1) is 9.65. The fourth-order valence-corrected chi connectivity index (χ4v) is 3.17. The van der Waals surface area contributed by atoms with Crippen LogP contribution in [-0.2, 0) is 9.47 Å². The van der Waals surface area contributed by atoms with Crippen LogP contribution in [0.25, 0.3) is 0 Å². The molecule has 2 aliphatic rings. The SMILES string of the molecule is COc1c(Cl)ncn(C2CCOC3(CCOC3)C2)c1=O. The molecule has 3 heterocycles. The molecular formula is C13H17ClN2O4. The van der Waals surface area contributed by atoms with Crippen molar-refractivity contribution in [1.29, 1.82) is 0 Å². The summed E-state index contributed by atoms with van der Waals surface area (Å²) in [6, 6.07) is 0.0385. The van der Waals surface area contributed by atoms with Crippen molar-refractivity contribution < 1.29 is 14.2 Å². The second-order valence-corrected chi connectivity index (χ2v) is 5.62. The zero-order chi connectivity index (χ0) is 14.2. The van der Waals surface area contributed by atoms with Crippen LogP contribution in [0.15, 0.2) is 11.1 Å². The summed E-state index contributed by atoms with van der Waals surface area (Å²) in [5.41, 5.74) is -0.497. The third-order valence-corrected chi connectivity index (χ3v) is 4.31. The lowest BCUT2D eigenvalue weighted by Gasteiger charge is -2.37. The smallest absolute Gasteiger partial charge is 0.297 e. The standard InChI is InChI=1S/C13H17ClN2O4/c1-18-10-11(14)15-8-16(12(10)17)9-2-4-20-13(6-9)3-5-19-7-13/h8-9H,2-7H2,1H3. The van der Waals surface area contributed by atoms with Crippen LogP contribution in [0.2, 0.25) is 5.15 Å². The van der Waals surface area contributed by atoms with Crippen molar-refractivity contribution in [3.05, 3.63) is 21.8 Å². The molecule has 0 amide bonds. The molecule has 2 saturated heterocycles. The number of rotatable bonds is 2. The Morgan fingerprint density at radius 1 is 1.55 bits per heavy atom. The number of nitrogens with zero attached hydrogens (tertiary/aromatic N) is 2. The molecule has 110 valence electrons. The number of methoxy groups -OCH3 is 1. The lowest BCUT2D eigenvalue weighted by Crippen LogP contribution is -2.43. The second kappa shape index (κ2) is 5.35. The predicted octanol–water partition coefficient (Wildman–Crippen LogP) is 1.42. The van der Waals surface area contributed by atoms with Gasteiger partial charge in [0.2, 0.25) is 5.75 Å². The van der Waals surface area contributed by atoms with Gasteiger partial charge in [-0.3, -0.25) is 9.36 Å². The van der Waals surface area contributed by atoms with E-state index in [4.69, 9.17) is 25.8 Å². The summed E-state index contributed by atoms with van der Waals surface area (Å²) in [5.74, 6) is 0.0948. The average Bonchev–Trinajstić information content (AvgIpc) is 2.87. The maximum absolute atomic E-state index is 12.4. The molecule has 0 aromatic carbocycles. The normalized spacial score (nSPS) is 29.8. The molecule has 7 heteroatoms. The van der Waals surface area contributed by atoms with Gasteiger partial charge in [-0.2, -0.15) is 0 Å². The molecule has 2 fully saturated rings. The van der Waals surface area contributed by atoms with Crippen LogP contribution in [0.3, 0.4) is 0 Å². The van der Waals surface area contributed by atoms with Crippen LogP contribution < -0.4 is 10.3 Å². The third-order valence-electron chi connectivity index (χ3n) is 4.04. The Morgan fingerprint density at radius 2 is 2.40 bits per heavy atom. The van der Waals surface area contributed by atoms with Gasteiger partial charge < -0.3 is 14.2 Å². The summed E-state index contributed by atoms with van der Waals surface area (Å²) in [5, 5.41) is 0.0970. The zero-order valence-corrected chi connectivity index (χ0v) is 12.1. The van der Waals surface area contributed by atoms with E-state index in [0.717, 1.165) is 19.3 Å². The molecule has 0 aliphatic carbocycles. The van der Waals surface area contributed by atoms with Crippen molar-refractivity contribution in [3.63, 3.8) is 0 Å². The molecule has 1 aromatic rings. The Kier molecular flexibility index (Phi) is 3.70. The molecule has 1 aromatic heterocycles. The fourth-order valence-electron chi connectivity index (χ4n) is 2.96. The summed E-state index contributed by atoms with van der Waals surface area (Å²) < 4.78 is 18.0. The molecule has 2 aliphatic heterocycles. The average molecular weight is 301 g/mol. The van der Waals surface area contributed by atoms with Crippen LogP contribution in [0.1, 0.15) is 25.3 Å². The topological polar surface area (TPSA) is 62.6 Å². The van der Waals surface area contributed by atoms with Gasteiger partial charge >= 0.3 is 0 Å². The molecule has 2 atom stereocenters. The predicted molar refractivity (Wildman–Crippen MR) is 72.4 cm³/mol. The van der Waals surface area contributed by atoms with Crippen LogP contribution in [-0.4, -0.2) is 42.1 Å². The highest BCUT2D eigenvalue weighted by atomic mass is 35.5. The van der Waals surface area contributed by atoms with E-state index >= 15 is 0 Å². The quantitative estimate of drug-likeness (QED) is 0.773. The monoisotopic (exact) mass is 300 g/mol. The van der Waals surface area contributed by atoms with Gasteiger partial charge in [0.25, 0.3) is 5.56 Å². The summed E-state index contributed by atoms with van der Waals surface area (Å²) in [6.07, 6.45) is 3.89. The van der Waals surface area contributed by atoms with E-state index in [1.54, 1.807) is 4.57 Å². The molecule has 0 saturated carbocycles.